The lowest BCUT2D eigenvalue weighted by Gasteiger charge is -2.36. The molecule has 120 valence electrons. The van der Waals surface area contributed by atoms with Crippen LogP contribution >= 0.6 is 0 Å². The average Bonchev–Trinajstić information content (AvgIpc) is 2.65. The Hall–Kier alpha value is -0.990. The zero-order valence-electron chi connectivity index (χ0n) is 15.0. The second-order valence-corrected chi connectivity index (χ2v) is 8.93. The highest BCUT2D eigenvalue weighted by Gasteiger charge is 2.33. The van der Waals surface area contributed by atoms with Crippen LogP contribution in [0.5, 0.6) is 0 Å². The van der Waals surface area contributed by atoms with Crippen molar-refractivity contribution in [1.29, 1.82) is 0 Å². The highest BCUT2D eigenvalue weighted by molar-refractivity contribution is 5.41. The number of nitrogens with zero attached hydrogens (tertiary/aromatic N) is 2. The first-order valence-electron chi connectivity index (χ1n) is 8.34. The molecule has 2 N–H and O–H groups in total. The van der Waals surface area contributed by atoms with Crippen molar-refractivity contribution in [3.63, 3.8) is 0 Å². The van der Waals surface area contributed by atoms with E-state index in [1.165, 1.54) is 25.7 Å². The van der Waals surface area contributed by atoms with Crippen LogP contribution in [0.2, 0.25) is 0 Å². The van der Waals surface area contributed by atoms with E-state index in [1.54, 1.807) is 0 Å². The predicted octanol–water partition coefficient (Wildman–Crippen LogP) is 4.62. The van der Waals surface area contributed by atoms with Gasteiger partial charge in [-0.05, 0) is 37.0 Å². The zero-order chi connectivity index (χ0) is 16.0. The molecule has 21 heavy (non-hydrogen) atoms. The van der Waals surface area contributed by atoms with Crippen LogP contribution in [0, 0.1) is 11.3 Å². The molecule has 0 radical (unpaired) electrons. The number of rotatable bonds is 1. The standard InChI is InChI=1S/C18H33N3/c1-17(2,3)13-10-8-12(9-11-13)14-15(19)21(7)16(20-14)18(4,5)6/h12-13H,8-11,19H2,1-7H3. The van der Waals surface area contributed by atoms with E-state index in [0.29, 0.717) is 11.3 Å². The molecule has 0 unspecified atom stereocenters. The fourth-order valence-corrected chi connectivity index (χ4v) is 3.74. The zero-order valence-corrected chi connectivity index (χ0v) is 15.0. The molecule has 3 nitrogen and oxygen atoms in total. The Morgan fingerprint density at radius 2 is 1.52 bits per heavy atom. The van der Waals surface area contributed by atoms with E-state index in [0.717, 1.165) is 23.3 Å². The van der Waals surface area contributed by atoms with Gasteiger partial charge in [0.15, 0.2) is 0 Å². The van der Waals surface area contributed by atoms with Gasteiger partial charge >= 0.3 is 0 Å². The van der Waals surface area contributed by atoms with Crippen LogP contribution in [0.3, 0.4) is 0 Å². The third-order valence-corrected chi connectivity index (χ3v) is 5.18. The lowest BCUT2D eigenvalue weighted by molar-refractivity contribution is 0.168. The van der Waals surface area contributed by atoms with Crippen LogP contribution in [0.1, 0.15) is 84.7 Å². The second kappa shape index (κ2) is 5.33. The Labute approximate surface area is 130 Å². The maximum absolute atomic E-state index is 6.35. The second-order valence-electron chi connectivity index (χ2n) is 8.93. The number of hydrogen-bond donors (Lipinski definition) is 1. The SMILES string of the molecule is Cn1c(C(C)(C)C)nc(C2CCC(C(C)(C)C)CC2)c1N. The highest BCUT2D eigenvalue weighted by Crippen LogP contribution is 2.44. The molecule has 3 heteroatoms. The minimum Gasteiger partial charge on any atom is -0.384 e. The summed E-state index contributed by atoms with van der Waals surface area (Å²) in [7, 11) is 2.05. The third-order valence-electron chi connectivity index (χ3n) is 5.18. The first-order chi connectivity index (χ1) is 9.51. The summed E-state index contributed by atoms with van der Waals surface area (Å²) in [4.78, 5) is 4.93. The number of imidazole rings is 1. The number of aromatic nitrogens is 2. The molecule has 0 aromatic carbocycles. The van der Waals surface area contributed by atoms with Crippen molar-refractivity contribution in [2.75, 3.05) is 5.73 Å². The molecule has 1 saturated carbocycles. The van der Waals surface area contributed by atoms with E-state index in [-0.39, 0.29) is 5.41 Å². The van der Waals surface area contributed by atoms with Gasteiger partial charge < -0.3 is 10.3 Å². The smallest absolute Gasteiger partial charge is 0.126 e. The van der Waals surface area contributed by atoms with Crippen LogP contribution in [0.4, 0.5) is 5.82 Å². The molecule has 0 atom stereocenters. The van der Waals surface area contributed by atoms with Gasteiger partial charge in [0.25, 0.3) is 0 Å². The lowest BCUT2D eigenvalue weighted by atomic mass is 9.69. The molecule has 1 fully saturated rings. The van der Waals surface area contributed by atoms with Gasteiger partial charge in [0.05, 0.1) is 5.69 Å². The van der Waals surface area contributed by atoms with Crippen molar-refractivity contribution >= 4 is 5.82 Å². The number of hydrogen-bond acceptors (Lipinski definition) is 2. The molecule has 1 aliphatic rings. The van der Waals surface area contributed by atoms with Crippen molar-refractivity contribution in [3.05, 3.63) is 11.5 Å². The Balaban J connectivity index is 2.18. The lowest BCUT2D eigenvalue weighted by Crippen LogP contribution is -2.25. The van der Waals surface area contributed by atoms with Gasteiger partial charge in [0.2, 0.25) is 0 Å². The fraction of sp³-hybridized carbons (Fsp3) is 0.833. The Bertz CT molecular complexity index is 492. The number of nitrogens with two attached hydrogens (primary N) is 1. The van der Waals surface area contributed by atoms with E-state index in [1.807, 2.05) is 7.05 Å². The van der Waals surface area contributed by atoms with Crippen molar-refractivity contribution < 1.29 is 0 Å². The summed E-state index contributed by atoms with van der Waals surface area (Å²) in [5.74, 6) is 3.36. The minimum absolute atomic E-state index is 0.0454. The van der Waals surface area contributed by atoms with Gasteiger partial charge in [-0.3, -0.25) is 0 Å². The molecule has 1 heterocycles. The summed E-state index contributed by atoms with van der Waals surface area (Å²) in [5.41, 5.74) is 7.97. The number of anilines is 1. The topological polar surface area (TPSA) is 43.8 Å². The van der Waals surface area contributed by atoms with Crippen molar-refractivity contribution in [2.24, 2.45) is 18.4 Å². The fourth-order valence-electron chi connectivity index (χ4n) is 3.74. The molecule has 0 saturated heterocycles. The van der Waals surface area contributed by atoms with Crippen molar-refractivity contribution in [2.45, 2.75) is 78.6 Å². The molecular weight excluding hydrogens is 258 g/mol. The van der Waals surface area contributed by atoms with Gasteiger partial charge in [0.1, 0.15) is 11.6 Å². The first kappa shape index (κ1) is 16.4. The summed E-state index contributed by atoms with van der Waals surface area (Å²) < 4.78 is 2.09. The van der Waals surface area contributed by atoms with E-state index >= 15 is 0 Å². The molecule has 2 rings (SSSR count). The maximum Gasteiger partial charge on any atom is 0.126 e. The maximum atomic E-state index is 6.35. The van der Waals surface area contributed by atoms with Crippen molar-refractivity contribution in [1.82, 2.24) is 9.55 Å². The van der Waals surface area contributed by atoms with Crippen LogP contribution in [0.15, 0.2) is 0 Å². The third kappa shape index (κ3) is 3.27. The average molecular weight is 291 g/mol. The molecule has 1 aliphatic carbocycles. The van der Waals surface area contributed by atoms with E-state index in [9.17, 15) is 0 Å². The summed E-state index contributed by atoms with van der Waals surface area (Å²) in [6.07, 6.45) is 5.06. The van der Waals surface area contributed by atoms with E-state index in [4.69, 9.17) is 10.7 Å². The summed E-state index contributed by atoms with van der Waals surface area (Å²) in [6.45, 7) is 13.7. The predicted molar refractivity (Wildman–Crippen MR) is 90.5 cm³/mol. The van der Waals surface area contributed by atoms with Gasteiger partial charge in [-0.1, -0.05) is 41.5 Å². The van der Waals surface area contributed by atoms with Crippen LogP contribution in [0.25, 0.3) is 0 Å². The van der Waals surface area contributed by atoms with Gasteiger partial charge in [-0.15, -0.1) is 0 Å². The van der Waals surface area contributed by atoms with Crippen LogP contribution in [-0.4, -0.2) is 9.55 Å². The van der Waals surface area contributed by atoms with Crippen LogP contribution < -0.4 is 5.73 Å². The van der Waals surface area contributed by atoms with Gasteiger partial charge in [-0.25, -0.2) is 4.98 Å². The normalized spacial score (nSPS) is 24.3. The Kier molecular flexibility index (Phi) is 4.16. The highest BCUT2D eigenvalue weighted by atomic mass is 15.1. The molecule has 0 bridgehead atoms. The van der Waals surface area contributed by atoms with Crippen LogP contribution in [-0.2, 0) is 12.5 Å². The quantitative estimate of drug-likeness (QED) is 0.820. The van der Waals surface area contributed by atoms with E-state index < -0.39 is 0 Å². The largest absolute Gasteiger partial charge is 0.384 e. The molecule has 0 spiro atoms. The van der Waals surface area contributed by atoms with E-state index in [2.05, 4.69) is 46.1 Å². The number of nitrogen functional groups attached to an aromatic ring is 1. The molecule has 0 amide bonds. The Morgan fingerprint density at radius 1 is 1.00 bits per heavy atom. The molecular formula is C18H33N3. The minimum atomic E-state index is 0.0454. The first-order valence-corrected chi connectivity index (χ1v) is 8.34. The van der Waals surface area contributed by atoms with Crippen molar-refractivity contribution in [3.8, 4) is 0 Å². The van der Waals surface area contributed by atoms with Gasteiger partial charge in [-0.2, -0.15) is 0 Å². The summed E-state index contributed by atoms with van der Waals surface area (Å²) in [6, 6.07) is 0. The Morgan fingerprint density at radius 3 is 1.90 bits per heavy atom. The molecule has 1 aromatic heterocycles. The molecule has 1 aromatic rings. The van der Waals surface area contributed by atoms with Gasteiger partial charge in [0, 0.05) is 18.4 Å². The summed E-state index contributed by atoms with van der Waals surface area (Å²) >= 11 is 0. The summed E-state index contributed by atoms with van der Waals surface area (Å²) in [5, 5.41) is 0. The molecule has 0 aliphatic heterocycles. The monoisotopic (exact) mass is 291 g/mol.